The average Bonchev–Trinajstić information content (AvgIpc) is 2.63. The number of benzene rings is 2. The lowest BCUT2D eigenvalue weighted by Crippen LogP contribution is -2.76. The molecule has 0 atom stereocenters. The number of halogens is 6. The van der Waals surface area contributed by atoms with E-state index in [1.165, 1.54) is 0 Å². The molecular weight excluding hydrogens is 438 g/mol. The first-order chi connectivity index (χ1) is 14.1. The van der Waals surface area contributed by atoms with E-state index >= 15 is 0 Å². The third-order valence-corrected chi connectivity index (χ3v) is 4.03. The molecule has 0 spiro atoms. The standard InChI is InChI=1S/C17H14F6N4O4/c18-16(19,20)15(17(21,22)23,26-13(30)7-1-3-11(28)9(24)5-7)27-14(31)8-2-4-12(29)10(25)6-8/h1-6,28-29H,24-25H2,(H,26,30)(H,27,31). The Morgan fingerprint density at radius 1 is 0.710 bits per heavy atom. The SMILES string of the molecule is Nc1cc(C(=O)NC(NC(=O)c2ccc(O)c(N)c2)(C(F)(F)F)C(F)(F)F)ccc1O. The molecule has 0 heterocycles. The van der Waals surface area contributed by atoms with Gasteiger partial charge in [-0.05, 0) is 36.4 Å². The van der Waals surface area contributed by atoms with E-state index in [1.807, 2.05) is 0 Å². The van der Waals surface area contributed by atoms with Gasteiger partial charge in [-0.3, -0.25) is 9.59 Å². The molecular formula is C17H14F6N4O4. The summed E-state index contributed by atoms with van der Waals surface area (Å²) in [5.74, 6) is -4.92. The first-order valence-corrected chi connectivity index (χ1v) is 8.04. The Morgan fingerprint density at radius 3 is 1.29 bits per heavy atom. The van der Waals surface area contributed by atoms with E-state index in [1.54, 1.807) is 0 Å². The molecule has 0 unspecified atom stereocenters. The number of amides is 2. The quantitative estimate of drug-likeness (QED) is 0.181. The van der Waals surface area contributed by atoms with Crippen LogP contribution in [0.2, 0.25) is 0 Å². The maximum atomic E-state index is 13.6. The number of hydrogen-bond acceptors (Lipinski definition) is 6. The predicted octanol–water partition coefficient (Wildman–Crippen LogP) is 2.24. The summed E-state index contributed by atoms with van der Waals surface area (Å²) in [6, 6.07) is 4.30. The molecule has 8 nitrogen and oxygen atoms in total. The molecule has 14 heteroatoms. The fraction of sp³-hybridized carbons (Fsp3) is 0.176. The lowest BCUT2D eigenvalue weighted by Gasteiger charge is -2.38. The van der Waals surface area contributed by atoms with Crippen LogP contribution in [0.3, 0.4) is 0 Å². The van der Waals surface area contributed by atoms with Gasteiger partial charge >= 0.3 is 18.0 Å². The van der Waals surface area contributed by atoms with Gasteiger partial charge in [0.15, 0.2) is 0 Å². The molecule has 0 aliphatic heterocycles. The second-order valence-electron chi connectivity index (χ2n) is 6.20. The zero-order valence-corrected chi connectivity index (χ0v) is 15.1. The zero-order valence-electron chi connectivity index (χ0n) is 15.1. The smallest absolute Gasteiger partial charge is 0.439 e. The predicted molar refractivity (Wildman–Crippen MR) is 94.8 cm³/mol. The molecule has 2 rings (SSSR count). The summed E-state index contributed by atoms with van der Waals surface area (Å²) in [6.07, 6.45) is -12.5. The molecule has 0 aliphatic rings. The van der Waals surface area contributed by atoms with Crippen molar-refractivity contribution >= 4 is 23.2 Å². The number of phenols is 2. The van der Waals surface area contributed by atoms with Gasteiger partial charge in [0.1, 0.15) is 11.5 Å². The van der Waals surface area contributed by atoms with Crippen molar-refractivity contribution in [2.24, 2.45) is 0 Å². The van der Waals surface area contributed by atoms with E-state index in [2.05, 4.69) is 0 Å². The van der Waals surface area contributed by atoms with Gasteiger partial charge in [-0.25, -0.2) is 0 Å². The van der Waals surface area contributed by atoms with Crippen molar-refractivity contribution in [1.82, 2.24) is 10.6 Å². The van der Waals surface area contributed by atoms with Crippen LogP contribution in [0.15, 0.2) is 36.4 Å². The summed E-state index contributed by atoms with van der Waals surface area (Å²) in [5.41, 5.74) is 2.92. The van der Waals surface area contributed by atoms with E-state index in [0.29, 0.717) is 12.1 Å². The maximum absolute atomic E-state index is 13.6. The van der Waals surface area contributed by atoms with Gasteiger partial charge < -0.3 is 32.3 Å². The third kappa shape index (κ3) is 4.51. The second kappa shape index (κ2) is 7.77. The van der Waals surface area contributed by atoms with Gasteiger partial charge in [0.05, 0.1) is 11.4 Å². The largest absolute Gasteiger partial charge is 0.506 e. The van der Waals surface area contributed by atoms with Gasteiger partial charge in [0.2, 0.25) is 0 Å². The number of carbonyl (C=O) groups is 2. The molecule has 2 aromatic rings. The lowest BCUT2D eigenvalue weighted by molar-refractivity contribution is -0.310. The summed E-state index contributed by atoms with van der Waals surface area (Å²) in [7, 11) is 0. The van der Waals surface area contributed by atoms with E-state index in [-0.39, 0.29) is 0 Å². The van der Waals surface area contributed by atoms with Crippen molar-refractivity contribution < 1.29 is 46.1 Å². The molecule has 8 N–H and O–H groups in total. The van der Waals surface area contributed by atoms with Crippen LogP contribution in [-0.4, -0.2) is 40.0 Å². The monoisotopic (exact) mass is 452 g/mol. The molecule has 0 radical (unpaired) electrons. The molecule has 31 heavy (non-hydrogen) atoms. The van der Waals surface area contributed by atoms with Crippen LogP contribution in [0, 0.1) is 0 Å². The van der Waals surface area contributed by atoms with E-state index in [4.69, 9.17) is 11.5 Å². The highest BCUT2D eigenvalue weighted by molar-refractivity contribution is 5.98. The first-order valence-electron chi connectivity index (χ1n) is 8.04. The highest BCUT2D eigenvalue weighted by atomic mass is 19.4. The van der Waals surface area contributed by atoms with Gasteiger partial charge in [-0.15, -0.1) is 0 Å². The van der Waals surface area contributed by atoms with Gasteiger partial charge in [-0.1, -0.05) is 0 Å². The minimum atomic E-state index is -6.25. The van der Waals surface area contributed by atoms with Crippen molar-refractivity contribution in [2.75, 3.05) is 11.5 Å². The Balaban J connectivity index is 2.52. The number of nitrogens with two attached hydrogens (primary N) is 2. The molecule has 0 aliphatic carbocycles. The molecule has 0 aromatic heterocycles. The number of phenolic OH excluding ortho intramolecular Hbond substituents is 2. The summed E-state index contributed by atoms with van der Waals surface area (Å²) in [5, 5.41) is 20.1. The van der Waals surface area contributed by atoms with E-state index in [9.17, 15) is 46.1 Å². The topological polar surface area (TPSA) is 151 Å². The molecule has 0 saturated heterocycles. The van der Waals surface area contributed by atoms with E-state index < -0.39 is 63.8 Å². The minimum Gasteiger partial charge on any atom is -0.506 e. The Morgan fingerprint density at radius 2 is 1.03 bits per heavy atom. The van der Waals surface area contributed by atoms with Gasteiger partial charge in [0.25, 0.3) is 11.8 Å². The normalized spacial score (nSPS) is 12.3. The minimum absolute atomic E-state index is 0.485. The highest BCUT2D eigenvalue weighted by Crippen LogP contribution is 2.42. The number of rotatable bonds is 4. The molecule has 2 amide bonds. The Bertz CT molecular complexity index is 941. The fourth-order valence-electron chi connectivity index (χ4n) is 2.35. The van der Waals surface area contributed by atoms with Crippen LogP contribution in [-0.2, 0) is 0 Å². The number of carbonyl (C=O) groups excluding carboxylic acids is 2. The van der Waals surface area contributed by atoms with Crippen LogP contribution in [0.5, 0.6) is 11.5 Å². The summed E-state index contributed by atoms with van der Waals surface area (Å²) < 4.78 is 81.8. The van der Waals surface area contributed by atoms with Gasteiger partial charge in [0, 0.05) is 11.1 Å². The zero-order chi connectivity index (χ0) is 23.8. The summed E-state index contributed by atoms with van der Waals surface area (Å²) in [6.45, 7) is 0. The number of aromatic hydroxyl groups is 2. The van der Waals surface area contributed by atoms with Crippen LogP contribution < -0.4 is 22.1 Å². The number of nitrogen functional groups attached to an aromatic ring is 2. The van der Waals surface area contributed by atoms with Gasteiger partial charge in [-0.2, -0.15) is 26.3 Å². The number of nitrogens with one attached hydrogen (secondary N) is 2. The lowest BCUT2D eigenvalue weighted by atomic mass is 10.1. The van der Waals surface area contributed by atoms with E-state index in [0.717, 1.165) is 34.9 Å². The molecule has 2 aromatic carbocycles. The fourth-order valence-corrected chi connectivity index (χ4v) is 2.35. The molecule has 0 saturated carbocycles. The first kappa shape index (κ1) is 23.4. The van der Waals surface area contributed by atoms with Crippen LogP contribution in [0.1, 0.15) is 20.7 Å². The summed E-state index contributed by atoms with van der Waals surface area (Å²) in [4.78, 5) is 24.4. The van der Waals surface area contributed by atoms with Crippen molar-refractivity contribution in [3.63, 3.8) is 0 Å². The van der Waals surface area contributed by atoms with Crippen molar-refractivity contribution in [2.45, 2.75) is 18.0 Å². The number of anilines is 2. The van der Waals surface area contributed by atoms with Crippen LogP contribution in [0.25, 0.3) is 0 Å². The Kier molecular flexibility index (Phi) is 5.88. The second-order valence-corrected chi connectivity index (χ2v) is 6.20. The van der Waals surface area contributed by atoms with Crippen LogP contribution in [0.4, 0.5) is 37.7 Å². The highest BCUT2D eigenvalue weighted by Gasteiger charge is 2.73. The van der Waals surface area contributed by atoms with Crippen molar-refractivity contribution in [3.05, 3.63) is 47.5 Å². The van der Waals surface area contributed by atoms with Crippen molar-refractivity contribution in [1.29, 1.82) is 0 Å². The average molecular weight is 452 g/mol. The Hall–Kier alpha value is -3.84. The van der Waals surface area contributed by atoms with Crippen molar-refractivity contribution in [3.8, 4) is 11.5 Å². The maximum Gasteiger partial charge on any atom is 0.439 e. The number of hydrogen-bond donors (Lipinski definition) is 6. The summed E-state index contributed by atoms with van der Waals surface area (Å²) >= 11 is 0. The third-order valence-electron chi connectivity index (χ3n) is 4.03. The molecule has 0 bridgehead atoms. The van der Waals surface area contributed by atoms with Crippen LogP contribution >= 0.6 is 0 Å². The molecule has 168 valence electrons. The molecule has 0 fully saturated rings. The number of alkyl halides is 6. The Labute approximate surface area is 169 Å².